The highest BCUT2D eigenvalue weighted by molar-refractivity contribution is 7.89. The van der Waals surface area contributed by atoms with E-state index in [1.165, 1.54) is 13.3 Å². The predicted octanol–water partition coefficient (Wildman–Crippen LogP) is 6.34. The van der Waals surface area contributed by atoms with E-state index in [9.17, 15) is 34.8 Å². The van der Waals surface area contributed by atoms with Gasteiger partial charge < -0.3 is 4.74 Å². The van der Waals surface area contributed by atoms with Gasteiger partial charge in [-0.3, -0.25) is 9.88 Å². The Balaban J connectivity index is 1.67. The van der Waals surface area contributed by atoms with Crippen molar-refractivity contribution >= 4 is 20.9 Å². The molecule has 0 radical (unpaired) electrons. The number of hydrogen-bond donors (Lipinski definition) is 1. The lowest BCUT2D eigenvalue weighted by atomic mass is 9.75. The molecule has 41 heavy (non-hydrogen) atoms. The fourth-order valence-electron chi connectivity index (χ4n) is 5.96. The summed E-state index contributed by atoms with van der Waals surface area (Å²) in [6.07, 6.45) is -4.86. The Kier molecular flexibility index (Phi) is 7.58. The Hall–Kier alpha value is -3.16. The zero-order valence-electron chi connectivity index (χ0n) is 21.8. The molecule has 0 saturated carbocycles. The normalized spacial score (nSPS) is 23.9. The fraction of sp³-hybridized carbons (Fsp3) is 0.393. The van der Waals surface area contributed by atoms with Crippen molar-refractivity contribution in [1.82, 2.24) is 14.6 Å². The first-order valence-electron chi connectivity index (χ1n) is 12.8. The number of fused-ring (bicyclic) bond motifs is 4. The van der Waals surface area contributed by atoms with Gasteiger partial charge in [0.25, 0.3) is 0 Å². The summed E-state index contributed by atoms with van der Waals surface area (Å²) in [5, 5.41) is 0.539. The first-order valence-corrected chi connectivity index (χ1v) is 14.3. The van der Waals surface area contributed by atoms with Gasteiger partial charge in [0.05, 0.1) is 34.7 Å². The maximum atomic E-state index is 13.7. The van der Waals surface area contributed by atoms with E-state index < -0.39 is 50.5 Å². The molecule has 3 unspecified atom stereocenters. The van der Waals surface area contributed by atoms with Crippen LogP contribution in [0.4, 0.5) is 26.3 Å². The molecule has 4 heterocycles. The van der Waals surface area contributed by atoms with Gasteiger partial charge in [-0.15, -0.1) is 6.58 Å². The lowest BCUT2D eigenvalue weighted by molar-refractivity contribution is -0.143. The van der Waals surface area contributed by atoms with Crippen LogP contribution in [-0.2, 0) is 22.4 Å². The molecule has 3 aliphatic heterocycles. The molecule has 3 aromatic rings. The van der Waals surface area contributed by atoms with Crippen molar-refractivity contribution < 1.29 is 39.5 Å². The number of sulfonamides is 1. The summed E-state index contributed by atoms with van der Waals surface area (Å²) in [7, 11) is -3.44. The molecular formula is C28H27F6N3O3S. The number of pyridine rings is 1. The topological polar surface area (TPSA) is 71.5 Å². The molecule has 13 heteroatoms. The minimum atomic E-state index is -5.20. The second kappa shape index (κ2) is 10.6. The summed E-state index contributed by atoms with van der Waals surface area (Å²) in [5.74, 6) is 0.712. The van der Waals surface area contributed by atoms with Gasteiger partial charge in [-0.05, 0) is 79.8 Å². The molecule has 3 fully saturated rings. The molecule has 6 rings (SSSR count). The van der Waals surface area contributed by atoms with Gasteiger partial charge in [-0.1, -0.05) is 6.08 Å². The van der Waals surface area contributed by atoms with E-state index in [0.29, 0.717) is 35.2 Å². The molecule has 3 aliphatic rings. The van der Waals surface area contributed by atoms with Crippen LogP contribution in [0, 0.1) is 5.92 Å². The van der Waals surface area contributed by atoms with Gasteiger partial charge in [0.2, 0.25) is 10.0 Å². The lowest BCUT2D eigenvalue weighted by Gasteiger charge is -2.52. The van der Waals surface area contributed by atoms with Crippen molar-refractivity contribution in [3.63, 3.8) is 0 Å². The van der Waals surface area contributed by atoms with Crippen LogP contribution in [-0.4, -0.2) is 44.0 Å². The second-order valence-corrected chi connectivity index (χ2v) is 12.1. The van der Waals surface area contributed by atoms with Crippen LogP contribution in [0.15, 0.2) is 66.2 Å². The Morgan fingerprint density at radius 2 is 1.73 bits per heavy atom. The van der Waals surface area contributed by atoms with Gasteiger partial charge >= 0.3 is 12.4 Å². The van der Waals surface area contributed by atoms with E-state index in [0.717, 1.165) is 12.8 Å². The molecule has 0 aliphatic carbocycles. The molecular weight excluding hydrogens is 572 g/mol. The van der Waals surface area contributed by atoms with E-state index in [1.807, 2.05) is 0 Å². The summed E-state index contributed by atoms with van der Waals surface area (Å²) in [4.78, 5) is 5.31. The van der Waals surface area contributed by atoms with Crippen LogP contribution in [0.2, 0.25) is 0 Å². The highest BCUT2D eigenvalue weighted by Crippen LogP contribution is 2.44. The minimum Gasteiger partial charge on any atom is -0.497 e. The molecule has 1 aromatic heterocycles. The van der Waals surface area contributed by atoms with Crippen LogP contribution in [0.1, 0.15) is 42.0 Å². The minimum absolute atomic E-state index is 0.0625. The maximum Gasteiger partial charge on any atom is 0.416 e. The third-order valence-electron chi connectivity index (χ3n) is 7.93. The van der Waals surface area contributed by atoms with Gasteiger partial charge in [-0.25, -0.2) is 13.1 Å². The Morgan fingerprint density at radius 1 is 1.05 bits per heavy atom. The molecule has 1 N–H and O–H groups in total. The van der Waals surface area contributed by atoms with E-state index in [-0.39, 0.29) is 30.2 Å². The number of aromatic nitrogens is 1. The first-order chi connectivity index (χ1) is 19.2. The summed E-state index contributed by atoms with van der Waals surface area (Å²) in [5.41, 5.74) is -2.44. The average Bonchev–Trinajstić information content (AvgIpc) is 2.94. The molecule has 0 amide bonds. The number of halogens is 6. The maximum absolute atomic E-state index is 13.7. The highest BCUT2D eigenvalue weighted by atomic mass is 32.2. The summed E-state index contributed by atoms with van der Waals surface area (Å²) in [6.45, 7) is 4.55. The van der Waals surface area contributed by atoms with Crippen LogP contribution >= 0.6 is 0 Å². The standard InChI is InChI=1S/C28H27F6N3O3S/c1-3-19-10-16-7-9-37(19)25(11-16)26(22-6-8-35-24-5-4-20(40-2)15-23(22)24)36-41(38,39)21-13-17(27(29,30)31)12-18(14-21)28(32,33)34/h3-6,8,12-16,19,25-26,36H,1,7,9-11H2,2H3/t16?,19?,25-,26-/m1/s1. The van der Waals surface area contributed by atoms with Crippen molar-refractivity contribution in [2.75, 3.05) is 13.7 Å². The summed E-state index contributed by atoms with van der Waals surface area (Å²) >= 11 is 0. The molecule has 5 atom stereocenters. The van der Waals surface area contributed by atoms with E-state index in [2.05, 4.69) is 21.2 Å². The summed E-state index contributed by atoms with van der Waals surface area (Å²) in [6, 6.07) is 5.44. The molecule has 2 aromatic carbocycles. The SMILES string of the molecule is C=CC1CC2CCN1[C@@H]([C@H](NS(=O)(=O)c1cc(C(F)(F)F)cc(C(F)(F)F)c1)c1ccnc3ccc(OC)cc13)C2. The van der Waals surface area contributed by atoms with Crippen molar-refractivity contribution in [1.29, 1.82) is 0 Å². The number of nitrogens with one attached hydrogen (secondary N) is 1. The highest BCUT2D eigenvalue weighted by Gasteiger charge is 2.45. The third-order valence-corrected chi connectivity index (χ3v) is 9.35. The largest absolute Gasteiger partial charge is 0.497 e. The van der Waals surface area contributed by atoms with Crippen molar-refractivity contribution in [3.8, 4) is 5.75 Å². The monoisotopic (exact) mass is 599 g/mol. The molecule has 2 bridgehead atoms. The van der Waals surface area contributed by atoms with Gasteiger partial charge in [0, 0.05) is 23.7 Å². The Morgan fingerprint density at radius 3 is 2.32 bits per heavy atom. The van der Waals surface area contributed by atoms with Crippen LogP contribution in [0.5, 0.6) is 5.75 Å². The quantitative estimate of drug-likeness (QED) is 0.254. The molecule has 0 spiro atoms. The number of rotatable bonds is 7. The summed E-state index contributed by atoms with van der Waals surface area (Å²) < 4.78 is 117. The number of nitrogens with zero attached hydrogens (tertiary/aromatic N) is 2. The van der Waals surface area contributed by atoms with Crippen molar-refractivity contribution in [2.24, 2.45) is 5.92 Å². The van der Waals surface area contributed by atoms with Gasteiger partial charge in [0.1, 0.15) is 5.75 Å². The first kappa shape index (κ1) is 29.3. The fourth-order valence-corrected chi connectivity index (χ4v) is 7.28. The molecule has 6 nitrogen and oxygen atoms in total. The Labute approximate surface area is 233 Å². The molecule has 220 valence electrons. The zero-order chi connectivity index (χ0) is 29.7. The average molecular weight is 600 g/mol. The van der Waals surface area contributed by atoms with Crippen molar-refractivity contribution in [3.05, 3.63) is 78.0 Å². The number of methoxy groups -OCH3 is 1. The predicted molar refractivity (Wildman–Crippen MR) is 140 cm³/mol. The van der Waals surface area contributed by atoms with Crippen LogP contribution in [0.25, 0.3) is 10.9 Å². The van der Waals surface area contributed by atoms with Gasteiger partial charge in [0.15, 0.2) is 0 Å². The van der Waals surface area contributed by atoms with Crippen LogP contribution < -0.4 is 9.46 Å². The lowest BCUT2D eigenvalue weighted by Crippen LogP contribution is -2.58. The number of ether oxygens (including phenoxy) is 1. The van der Waals surface area contributed by atoms with E-state index >= 15 is 0 Å². The van der Waals surface area contributed by atoms with Gasteiger partial charge in [-0.2, -0.15) is 26.3 Å². The van der Waals surface area contributed by atoms with E-state index in [4.69, 9.17) is 4.74 Å². The Bertz CT molecular complexity index is 1540. The van der Waals surface area contributed by atoms with Crippen molar-refractivity contribution in [2.45, 2.75) is 54.6 Å². The second-order valence-electron chi connectivity index (χ2n) is 10.4. The zero-order valence-corrected chi connectivity index (χ0v) is 22.7. The van der Waals surface area contributed by atoms with E-state index in [1.54, 1.807) is 30.3 Å². The number of hydrogen-bond acceptors (Lipinski definition) is 5. The van der Waals surface area contributed by atoms with Crippen LogP contribution in [0.3, 0.4) is 0 Å². The third kappa shape index (κ3) is 5.80. The number of piperidine rings is 3. The number of benzene rings is 2. The molecule has 3 saturated heterocycles. The smallest absolute Gasteiger partial charge is 0.416 e. The number of alkyl halides is 6.